The Morgan fingerprint density at radius 2 is 1.82 bits per heavy atom. The molecule has 1 aromatic heterocycles. The molecule has 2 amide bonds. The highest BCUT2D eigenvalue weighted by Gasteiger charge is 2.27. The topological polar surface area (TPSA) is 87.7 Å². The van der Waals surface area contributed by atoms with Crippen molar-refractivity contribution in [2.24, 2.45) is 0 Å². The molecule has 0 bridgehead atoms. The maximum atomic E-state index is 12.6. The van der Waals surface area contributed by atoms with Crippen LogP contribution in [0.3, 0.4) is 0 Å². The van der Waals surface area contributed by atoms with Crippen molar-refractivity contribution in [3.05, 3.63) is 52.9 Å². The molecule has 1 fully saturated rings. The average molecular weight is 424 g/mol. The summed E-state index contributed by atoms with van der Waals surface area (Å²) in [7, 11) is -3.48. The smallest absolute Gasteiger partial charge is 0.315 e. The molecule has 7 nitrogen and oxygen atoms in total. The second-order valence-corrected chi connectivity index (χ2v) is 9.77. The third-order valence-electron chi connectivity index (χ3n) is 4.39. The summed E-state index contributed by atoms with van der Waals surface area (Å²) in [5.74, 6) is 0. The summed E-state index contributed by atoms with van der Waals surface area (Å²) in [5, 5.41) is 5.60. The van der Waals surface area contributed by atoms with Gasteiger partial charge in [-0.1, -0.05) is 30.3 Å². The lowest BCUT2D eigenvalue weighted by atomic mass is 10.1. The summed E-state index contributed by atoms with van der Waals surface area (Å²) >= 11 is 1.19. The van der Waals surface area contributed by atoms with E-state index in [4.69, 9.17) is 4.74 Å². The predicted octanol–water partition coefficient (Wildman–Crippen LogP) is 2.20. The third-order valence-corrected chi connectivity index (χ3v) is 7.85. The van der Waals surface area contributed by atoms with Gasteiger partial charge in [0.05, 0.1) is 19.8 Å². The summed E-state index contributed by atoms with van der Waals surface area (Å²) in [4.78, 5) is 12.7. The largest absolute Gasteiger partial charge is 0.379 e. The number of benzene rings is 1. The Balaban J connectivity index is 1.40. The fourth-order valence-electron chi connectivity index (χ4n) is 2.88. The summed E-state index contributed by atoms with van der Waals surface area (Å²) in [6.45, 7) is 2.47. The second-order valence-electron chi connectivity index (χ2n) is 6.44. The maximum Gasteiger partial charge on any atom is 0.315 e. The zero-order valence-corrected chi connectivity index (χ0v) is 17.2. The quantitative estimate of drug-likeness (QED) is 0.637. The van der Waals surface area contributed by atoms with Crippen LogP contribution in [0.25, 0.3) is 0 Å². The van der Waals surface area contributed by atoms with Crippen LogP contribution in [0.5, 0.6) is 0 Å². The number of hydrogen-bond donors (Lipinski definition) is 2. The van der Waals surface area contributed by atoms with E-state index in [0.29, 0.717) is 43.6 Å². The van der Waals surface area contributed by atoms with Crippen molar-refractivity contribution >= 4 is 27.4 Å². The molecular formula is C19H25N3O4S2. The fourth-order valence-corrected chi connectivity index (χ4v) is 5.73. The van der Waals surface area contributed by atoms with Gasteiger partial charge in [-0.3, -0.25) is 0 Å². The van der Waals surface area contributed by atoms with Gasteiger partial charge in [-0.2, -0.15) is 4.31 Å². The molecule has 2 heterocycles. The van der Waals surface area contributed by atoms with E-state index in [1.165, 1.54) is 21.2 Å². The van der Waals surface area contributed by atoms with E-state index in [2.05, 4.69) is 22.8 Å². The Labute approximate surface area is 169 Å². The lowest BCUT2D eigenvalue weighted by Gasteiger charge is -2.25. The molecule has 0 spiro atoms. The van der Waals surface area contributed by atoms with Crippen molar-refractivity contribution < 1.29 is 17.9 Å². The van der Waals surface area contributed by atoms with Gasteiger partial charge in [0, 0.05) is 24.5 Å². The van der Waals surface area contributed by atoms with Gasteiger partial charge in [0.1, 0.15) is 4.21 Å². The van der Waals surface area contributed by atoms with Gasteiger partial charge in [-0.25, -0.2) is 13.2 Å². The summed E-state index contributed by atoms with van der Waals surface area (Å²) in [5.41, 5.74) is 1.25. The number of ether oxygens (including phenoxy) is 1. The molecule has 0 unspecified atom stereocenters. The highest BCUT2D eigenvalue weighted by Crippen LogP contribution is 2.25. The molecule has 1 aliphatic rings. The van der Waals surface area contributed by atoms with Gasteiger partial charge in [0.15, 0.2) is 0 Å². The summed E-state index contributed by atoms with van der Waals surface area (Å²) < 4.78 is 32.2. The molecule has 1 aliphatic heterocycles. The molecule has 1 saturated heterocycles. The second kappa shape index (κ2) is 10.0. The van der Waals surface area contributed by atoms with Crippen LogP contribution in [-0.4, -0.2) is 51.6 Å². The number of carbonyl (C=O) groups excluding carboxylic acids is 1. The van der Waals surface area contributed by atoms with Crippen LogP contribution in [0.1, 0.15) is 16.9 Å². The SMILES string of the molecule is O=C(NCCCc1ccccc1)NCc1ccc(S(=O)(=O)N2CCOCC2)s1. The number of thiophene rings is 1. The zero-order valence-electron chi connectivity index (χ0n) is 15.6. The number of sulfonamides is 1. The van der Waals surface area contributed by atoms with Gasteiger partial charge in [0.25, 0.3) is 10.0 Å². The van der Waals surface area contributed by atoms with Crippen LogP contribution in [0.4, 0.5) is 4.79 Å². The first-order chi connectivity index (χ1) is 13.6. The first-order valence-electron chi connectivity index (χ1n) is 9.28. The molecule has 0 atom stereocenters. The molecule has 152 valence electrons. The highest BCUT2D eigenvalue weighted by atomic mass is 32.2. The van der Waals surface area contributed by atoms with E-state index in [1.807, 2.05) is 18.2 Å². The van der Waals surface area contributed by atoms with Crippen molar-refractivity contribution in [2.45, 2.75) is 23.6 Å². The number of urea groups is 1. The van der Waals surface area contributed by atoms with Gasteiger partial charge in [-0.05, 0) is 30.5 Å². The average Bonchev–Trinajstić information content (AvgIpc) is 3.21. The van der Waals surface area contributed by atoms with Crippen molar-refractivity contribution in [3.8, 4) is 0 Å². The van der Waals surface area contributed by atoms with Crippen LogP contribution in [0.15, 0.2) is 46.7 Å². The van der Waals surface area contributed by atoms with Crippen LogP contribution >= 0.6 is 11.3 Å². The molecule has 1 aromatic carbocycles. The first kappa shape index (κ1) is 20.8. The minimum Gasteiger partial charge on any atom is -0.379 e. The van der Waals surface area contributed by atoms with E-state index in [9.17, 15) is 13.2 Å². The molecule has 0 saturated carbocycles. The van der Waals surface area contributed by atoms with E-state index >= 15 is 0 Å². The molecule has 0 aliphatic carbocycles. The minimum atomic E-state index is -3.48. The Morgan fingerprint density at radius 3 is 2.57 bits per heavy atom. The van der Waals surface area contributed by atoms with Gasteiger partial charge in [0.2, 0.25) is 0 Å². The van der Waals surface area contributed by atoms with Gasteiger partial charge in [-0.15, -0.1) is 11.3 Å². The Kier molecular flexibility index (Phi) is 7.43. The number of rotatable bonds is 8. The molecule has 3 rings (SSSR count). The number of carbonyl (C=O) groups is 1. The van der Waals surface area contributed by atoms with Crippen molar-refractivity contribution in [1.82, 2.24) is 14.9 Å². The zero-order chi connectivity index (χ0) is 19.8. The third kappa shape index (κ3) is 5.78. The number of nitrogens with one attached hydrogen (secondary N) is 2. The van der Waals surface area contributed by atoms with Crippen molar-refractivity contribution in [1.29, 1.82) is 0 Å². The van der Waals surface area contributed by atoms with E-state index in [-0.39, 0.29) is 6.03 Å². The van der Waals surface area contributed by atoms with Gasteiger partial charge >= 0.3 is 6.03 Å². The molecule has 2 aromatic rings. The van der Waals surface area contributed by atoms with Crippen LogP contribution in [0.2, 0.25) is 0 Å². The molecule has 9 heteroatoms. The van der Waals surface area contributed by atoms with Crippen molar-refractivity contribution in [3.63, 3.8) is 0 Å². The van der Waals surface area contributed by atoms with Crippen LogP contribution in [-0.2, 0) is 27.7 Å². The van der Waals surface area contributed by atoms with E-state index < -0.39 is 10.0 Å². The molecule has 28 heavy (non-hydrogen) atoms. The Hall–Kier alpha value is -1.94. The molecule has 0 radical (unpaired) electrons. The minimum absolute atomic E-state index is 0.251. The number of aryl methyl sites for hydroxylation is 1. The normalized spacial score (nSPS) is 15.3. The Bertz CT molecular complexity index is 862. The van der Waals surface area contributed by atoms with Gasteiger partial charge < -0.3 is 15.4 Å². The maximum absolute atomic E-state index is 12.6. The predicted molar refractivity (Wildman–Crippen MR) is 109 cm³/mol. The van der Waals surface area contributed by atoms with Crippen LogP contribution < -0.4 is 10.6 Å². The number of morpholine rings is 1. The monoisotopic (exact) mass is 423 g/mol. The summed E-state index contributed by atoms with van der Waals surface area (Å²) in [6, 6.07) is 13.2. The fraction of sp³-hybridized carbons (Fsp3) is 0.421. The lowest BCUT2D eigenvalue weighted by molar-refractivity contribution is 0.0731. The lowest BCUT2D eigenvalue weighted by Crippen LogP contribution is -2.40. The van der Waals surface area contributed by atoms with E-state index in [1.54, 1.807) is 12.1 Å². The highest BCUT2D eigenvalue weighted by molar-refractivity contribution is 7.91. The standard InChI is InChI=1S/C19H25N3O4S2/c23-19(20-10-4-7-16-5-2-1-3-6-16)21-15-17-8-9-18(27-17)28(24,25)22-11-13-26-14-12-22/h1-3,5-6,8-9H,4,7,10-15H2,(H2,20,21,23). The van der Waals surface area contributed by atoms with E-state index in [0.717, 1.165) is 17.7 Å². The van der Waals surface area contributed by atoms with Crippen molar-refractivity contribution in [2.75, 3.05) is 32.8 Å². The Morgan fingerprint density at radius 1 is 1.07 bits per heavy atom. The summed E-state index contributed by atoms with van der Waals surface area (Å²) in [6.07, 6.45) is 1.77. The molecule has 2 N–H and O–H groups in total. The first-order valence-corrected chi connectivity index (χ1v) is 11.5. The van der Waals surface area contributed by atoms with Crippen LogP contribution in [0, 0.1) is 0 Å². The number of hydrogen-bond acceptors (Lipinski definition) is 5. The number of amides is 2. The number of nitrogens with zero attached hydrogens (tertiary/aromatic N) is 1. The molecular weight excluding hydrogens is 398 g/mol.